The van der Waals surface area contributed by atoms with E-state index in [2.05, 4.69) is 12.2 Å². The van der Waals surface area contributed by atoms with Crippen molar-refractivity contribution in [3.63, 3.8) is 0 Å². The van der Waals surface area contributed by atoms with Crippen LogP contribution >= 0.6 is 0 Å². The predicted molar refractivity (Wildman–Crippen MR) is 102 cm³/mol. The minimum absolute atomic E-state index is 0.0147. The highest BCUT2D eigenvalue weighted by molar-refractivity contribution is 5.98. The van der Waals surface area contributed by atoms with Crippen molar-refractivity contribution in [3.8, 4) is 0 Å². The second-order valence-electron chi connectivity index (χ2n) is 7.88. The van der Waals surface area contributed by atoms with Gasteiger partial charge in [0.15, 0.2) is 0 Å². The van der Waals surface area contributed by atoms with Crippen LogP contribution in [-0.2, 0) is 9.59 Å². The van der Waals surface area contributed by atoms with Gasteiger partial charge in [-0.2, -0.15) is 0 Å². The normalized spacial score (nSPS) is 23.7. The van der Waals surface area contributed by atoms with E-state index in [1.807, 2.05) is 4.90 Å². The van der Waals surface area contributed by atoms with Gasteiger partial charge in [0.2, 0.25) is 5.91 Å². The predicted octanol–water partition coefficient (Wildman–Crippen LogP) is 3.39. The molecule has 0 bridgehead atoms. The summed E-state index contributed by atoms with van der Waals surface area (Å²) >= 11 is 0. The van der Waals surface area contributed by atoms with Crippen LogP contribution in [0.3, 0.4) is 0 Å². The number of rotatable bonds is 4. The lowest BCUT2D eigenvalue weighted by atomic mass is 9.78. The Balaban J connectivity index is 1.67. The van der Waals surface area contributed by atoms with Crippen molar-refractivity contribution < 1.29 is 19.5 Å². The highest BCUT2D eigenvalue weighted by Crippen LogP contribution is 2.31. The molecule has 0 spiro atoms. The third kappa shape index (κ3) is 4.67. The Labute approximate surface area is 159 Å². The minimum atomic E-state index is -0.905. The van der Waals surface area contributed by atoms with E-state index in [1.54, 1.807) is 24.3 Å². The van der Waals surface area contributed by atoms with Gasteiger partial charge in [0.1, 0.15) is 0 Å². The van der Waals surface area contributed by atoms with E-state index in [1.165, 1.54) is 0 Å². The lowest BCUT2D eigenvalue weighted by molar-refractivity contribution is -0.147. The van der Waals surface area contributed by atoms with Crippen molar-refractivity contribution >= 4 is 23.5 Å². The number of hydrogen-bond donors (Lipinski definition) is 2. The van der Waals surface area contributed by atoms with E-state index in [-0.39, 0.29) is 11.8 Å². The standard InChI is InChI=1S/C21H28N2O4/c1-14-9-11-23(12-10-14)20(25)15-5-4-6-16(13-15)22-19(24)17-7-2-3-8-18(17)21(26)27/h4-6,13-14,17-18H,2-3,7-12H2,1H3,(H,22,24)(H,26,27)/t17-,18+/m1/s1. The topological polar surface area (TPSA) is 86.7 Å². The lowest BCUT2D eigenvalue weighted by Crippen LogP contribution is -2.38. The smallest absolute Gasteiger partial charge is 0.307 e. The summed E-state index contributed by atoms with van der Waals surface area (Å²) in [4.78, 5) is 38.7. The van der Waals surface area contributed by atoms with Crippen LogP contribution in [0.4, 0.5) is 5.69 Å². The van der Waals surface area contributed by atoms with Gasteiger partial charge in [-0.25, -0.2) is 0 Å². The fourth-order valence-electron chi connectivity index (χ4n) is 4.10. The molecular weight excluding hydrogens is 344 g/mol. The molecule has 27 heavy (non-hydrogen) atoms. The van der Waals surface area contributed by atoms with E-state index >= 15 is 0 Å². The molecule has 3 rings (SSSR count). The Morgan fingerprint density at radius 2 is 1.70 bits per heavy atom. The van der Waals surface area contributed by atoms with Crippen molar-refractivity contribution in [3.05, 3.63) is 29.8 Å². The molecule has 1 aliphatic heterocycles. The summed E-state index contributed by atoms with van der Waals surface area (Å²) in [5.41, 5.74) is 1.10. The number of nitrogens with zero attached hydrogens (tertiary/aromatic N) is 1. The zero-order chi connectivity index (χ0) is 19.4. The van der Waals surface area contributed by atoms with Crippen molar-refractivity contribution in [2.24, 2.45) is 17.8 Å². The molecular formula is C21H28N2O4. The molecule has 1 saturated heterocycles. The highest BCUT2D eigenvalue weighted by atomic mass is 16.4. The Hall–Kier alpha value is -2.37. The van der Waals surface area contributed by atoms with Gasteiger partial charge in [-0.05, 0) is 49.8 Å². The Morgan fingerprint density at radius 3 is 2.37 bits per heavy atom. The van der Waals surface area contributed by atoms with Crippen LogP contribution in [0.1, 0.15) is 55.8 Å². The molecule has 2 atom stereocenters. The average molecular weight is 372 g/mol. The van der Waals surface area contributed by atoms with Gasteiger partial charge in [0, 0.05) is 24.3 Å². The summed E-state index contributed by atoms with van der Waals surface area (Å²) in [5.74, 6) is -1.67. The maximum Gasteiger partial charge on any atom is 0.307 e. The highest BCUT2D eigenvalue weighted by Gasteiger charge is 2.35. The van der Waals surface area contributed by atoms with Gasteiger partial charge in [-0.15, -0.1) is 0 Å². The maximum absolute atomic E-state index is 12.7. The van der Waals surface area contributed by atoms with E-state index in [4.69, 9.17) is 0 Å². The Morgan fingerprint density at radius 1 is 1.04 bits per heavy atom. The largest absolute Gasteiger partial charge is 0.481 e. The van der Waals surface area contributed by atoms with Crippen molar-refractivity contribution in [1.29, 1.82) is 0 Å². The number of hydrogen-bond acceptors (Lipinski definition) is 3. The summed E-state index contributed by atoms with van der Waals surface area (Å²) in [7, 11) is 0. The molecule has 0 unspecified atom stereocenters. The summed E-state index contributed by atoms with van der Waals surface area (Å²) in [6, 6.07) is 6.95. The SMILES string of the molecule is CC1CCN(C(=O)c2cccc(NC(=O)[C@@H]3CCCC[C@@H]3C(=O)O)c2)CC1. The summed E-state index contributed by atoms with van der Waals surface area (Å²) < 4.78 is 0. The summed E-state index contributed by atoms with van der Waals surface area (Å²) in [5, 5.41) is 12.2. The van der Waals surface area contributed by atoms with E-state index in [9.17, 15) is 19.5 Å². The average Bonchev–Trinajstić information content (AvgIpc) is 2.68. The summed E-state index contributed by atoms with van der Waals surface area (Å²) in [6.45, 7) is 3.73. The first-order valence-corrected chi connectivity index (χ1v) is 9.88. The minimum Gasteiger partial charge on any atom is -0.481 e. The number of carbonyl (C=O) groups excluding carboxylic acids is 2. The molecule has 6 nitrogen and oxygen atoms in total. The first-order valence-electron chi connectivity index (χ1n) is 9.88. The quantitative estimate of drug-likeness (QED) is 0.848. The van der Waals surface area contributed by atoms with E-state index in [0.717, 1.165) is 38.8 Å². The third-order valence-electron chi connectivity index (χ3n) is 5.87. The van der Waals surface area contributed by atoms with Crippen LogP contribution in [0.2, 0.25) is 0 Å². The van der Waals surface area contributed by atoms with Crippen LogP contribution in [-0.4, -0.2) is 40.9 Å². The number of carbonyl (C=O) groups is 3. The molecule has 1 aromatic carbocycles. The van der Waals surface area contributed by atoms with E-state index in [0.29, 0.717) is 30.0 Å². The van der Waals surface area contributed by atoms with Crippen molar-refractivity contribution in [2.45, 2.75) is 45.4 Å². The molecule has 0 aromatic heterocycles. The van der Waals surface area contributed by atoms with Gasteiger partial charge in [0.05, 0.1) is 11.8 Å². The number of aliphatic carboxylic acids is 1. The number of amides is 2. The number of benzene rings is 1. The molecule has 6 heteroatoms. The molecule has 146 valence electrons. The molecule has 1 aliphatic carbocycles. The molecule has 2 amide bonds. The zero-order valence-electron chi connectivity index (χ0n) is 15.8. The molecule has 1 heterocycles. The van der Waals surface area contributed by atoms with Gasteiger partial charge in [-0.3, -0.25) is 14.4 Å². The van der Waals surface area contributed by atoms with Crippen LogP contribution in [0.25, 0.3) is 0 Å². The fraction of sp³-hybridized carbons (Fsp3) is 0.571. The molecule has 2 N–H and O–H groups in total. The molecule has 2 aliphatic rings. The van der Waals surface area contributed by atoms with Gasteiger partial charge < -0.3 is 15.3 Å². The maximum atomic E-state index is 12.7. The van der Waals surface area contributed by atoms with Crippen LogP contribution < -0.4 is 5.32 Å². The molecule has 0 radical (unpaired) electrons. The van der Waals surface area contributed by atoms with Crippen LogP contribution in [0.5, 0.6) is 0 Å². The van der Waals surface area contributed by atoms with E-state index < -0.39 is 17.8 Å². The van der Waals surface area contributed by atoms with Crippen molar-refractivity contribution in [2.75, 3.05) is 18.4 Å². The van der Waals surface area contributed by atoms with Gasteiger partial charge >= 0.3 is 5.97 Å². The fourth-order valence-corrected chi connectivity index (χ4v) is 4.10. The molecule has 1 saturated carbocycles. The third-order valence-corrected chi connectivity index (χ3v) is 5.87. The van der Waals surface area contributed by atoms with Crippen molar-refractivity contribution in [1.82, 2.24) is 4.90 Å². The summed E-state index contributed by atoms with van der Waals surface area (Å²) in [6.07, 6.45) is 4.88. The zero-order valence-corrected chi connectivity index (χ0v) is 15.8. The number of nitrogens with one attached hydrogen (secondary N) is 1. The lowest BCUT2D eigenvalue weighted by Gasteiger charge is -2.30. The van der Waals surface area contributed by atoms with Crippen LogP contribution in [0, 0.1) is 17.8 Å². The number of piperidine rings is 1. The van der Waals surface area contributed by atoms with Gasteiger partial charge in [-0.1, -0.05) is 25.8 Å². The first-order chi connectivity index (χ1) is 13.0. The number of carboxylic acids is 1. The second kappa shape index (κ2) is 8.55. The number of likely N-dealkylation sites (tertiary alicyclic amines) is 1. The van der Waals surface area contributed by atoms with Crippen LogP contribution in [0.15, 0.2) is 24.3 Å². The Bertz CT molecular complexity index is 710. The molecule has 1 aromatic rings. The Kier molecular flexibility index (Phi) is 6.14. The first kappa shape index (κ1) is 19.4. The van der Waals surface area contributed by atoms with Gasteiger partial charge in [0.25, 0.3) is 5.91 Å². The second-order valence-corrected chi connectivity index (χ2v) is 7.88. The monoisotopic (exact) mass is 372 g/mol. The number of anilines is 1. The number of carboxylic acid groups (broad SMARTS) is 1. The molecule has 2 fully saturated rings.